The summed E-state index contributed by atoms with van der Waals surface area (Å²) in [5, 5.41) is 10.5. The fourth-order valence-electron chi connectivity index (χ4n) is 11.2. The van der Waals surface area contributed by atoms with Gasteiger partial charge >= 0.3 is 65.7 Å². The predicted molar refractivity (Wildman–Crippen MR) is 450 cm³/mol. The number of ether oxygens (including phenoxy) is 14. The van der Waals surface area contributed by atoms with Gasteiger partial charge in [-0.25, -0.2) is 54.5 Å². The van der Waals surface area contributed by atoms with Crippen molar-refractivity contribution in [1.29, 1.82) is 5.26 Å². The fourth-order valence-corrected chi connectivity index (χ4v) is 16.8. The molecule has 2 aliphatic rings. The number of rotatable bonds is 54. The van der Waals surface area contributed by atoms with E-state index in [1.165, 1.54) is 24.3 Å². The zero-order valence-electron chi connectivity index (χ0n) is 66.4. The first-order valence-electron chi connectivity index (χ1n) is 39.3. The highest BCUT2D eigenvalue weighted by atomic mass is 32.2. The van der Waals surface area contributed by atoms with Crippen molar-refractivity contribution < 1.29 is 114 Å². The zero-order valence-corrected chi connectivity index (χ0v) is 69.6. The first-order valence-corrected chi connectivity index (χ1v) is 42.7. The third kappa shape index (κ3) is 31.5. The van der Waals surface area contributed by atoms with Gasteiger partial charge in [0.15, 0.2) is 5.57 Å². The van der Waals surface area contributed by atoms with Gasteiger partial charge in [-0.05, 0) is 250 Å². The minimum absolute atomic E-state index is 0.0514. The van der Waals surface area contributed by atoms with E-state index in [1.54, 1.807) is 97.1 Å². The summed E-state index contributed by atoms with van der Waals surface area (Å²) in [6.45, 7) is 24.5. The number of carbonyl (C=O) groups excluding carboxylic acids is 10. The highest BCUT2D eigenvalue weighted by Gasteiger charge is 2.44. The molecule has 0 saturated carbocycles. The molecule has 26 nitrogen and oxygen atoms in total. The van der Waals surface area contributed by atoms with Gasteiger partial charge in [-0.15, -0.1) is 0 Å². The highest BCUT2D eigenvalue weighted by Crippen LogP contribution is 2.60. The molecule has 0 fully saturated rings. The van der Waals surface area contributed by atoms with Crippen LogP contribution in [0, 0.1) is 17.9 Å². The molecule has 0 saturated heterocycles. The maximum Gasteiger partial charge on any atom is 0.392 e. The Bertz CT molecular complexity index is 4400. The van der Waals surface area contributed by atoms with Crippen LogP contribution >= 0.6 is 47.0 Å². The molecule has 2 aliphatic heterocycles. The number of nitrogens with zero attached hydrogens (tertiary/aromatic N) is 2. The molecule has 0 radical (unpaired) electrons. The Morgan fingerprint density at radius 2 is 0.600 bits per heavy atom. The number of esters is 10. The molecule has 1 atom stereocenters. The van der Waals surface area contributed by atoms with E-state index in [-0.39, 0.29) is 78.1 Å². The van der Waals surface area contributed by atoms with Crippen molar-refractivity contribution >= 4 is 107 Å². The minimum atomic E-state index is -1.38. The SMILES string of the molecule is [C-]#[N+]C(C(=O)OCCCCCCOC(=O)C(C#N)=C1Sc2c(OC(=O)c3ccc(OCCCCCCOC(=O)C=C)cc3)ccc(OC(=O)c3ccc(OCCCCCCOC(=O)C=C)cc3)c2S1)C1Sc2c(OC(=O)c3ccc(OCCCCCCOC(=O)C=C)cc3)ccc(OC(=O)c3ccc(OCCCCCCOC(=O)C=C)cc3)c2S1. The smallest absolute Gasteiger partial charge is 0.392 e. The van der Waals surface area contributed by atoms with Gasteiger partial charge in [-0.1, -0.05) is 73.4 Å². The lowest BCUT2D eigenvalue weighted by Gasteiger charge is -2.13. The van der Waals surface area contributed by atoms with Crippen LogP contribution in [-0.4, -0.2) is 136 Å². The average molecular weight is 1720 g/mol. The maximum absolute atomic E-state index is 13.8. The molecular weight excluding hydrogens is 1620 g/mol. The normalized spacial score (nSPS) is 11.9. The van der Waals surface area contributed by atoms with E-state index in [0.717, 1.165) is 148 Å². The molecule has 0 aliphatic carbocycles. The number of nitriles is 1. The average Bonchev–Trinajstić information content (AvgIpc) is 1.63. The summed E-state index contributed by atoms with van der Waals surface area (Å²) in [5.74, 6) is -4.09. The summed E-state index contributed by atoms with van der Waals surface area (Å²) in [4.78, 5) is 133. The van der Waals surface area contributed by atoms with Gasteiger partial charge in [-0.3, -0.25) is 4.85 Å². The van der Waals surface area contributed by atoms with Crippen LogP contribution in [0.25, 0.3) is 4.85 Å². The summed E-state index contributed by atoms with van der Waals surface area (Å²) in [6.07, 6.45) is 18.8. The van der Waals surface area contributed by atoms with Gasteiger partial charge < -0.3 is 66.3 Å². The molecule has 8 rings (SSSR count). The van der Waals surface area contributed by atoms with Crippen molar-refractivity contribution in [2.24, 2.45) is 0 Å². The monoisotopic (exact) mass is 1710 g/mol. The summed E-state index contributed by atoms with van der Waals surface area (Å²) in [6, 6.07) is 32.0. The zero-order chi connectivity index (χ0) is 85.6. The maximum atomic E-state index is 13.8. The molecule has 0 bridgehead atoms. The van der Waals surface area contributed by atoms with Crippen LogP contribution in [-0.2, 0) is 57.2 Å². The lowest BCUT2D eigenvalue weighted by Crippen LogP contribution is -2.28. The second-order valence-corrected chi connectivity index (χ2v) is 31.4. The van der Waals surface area contributed by atoms with Gasteiger partial charge in [0.1, 0.15) is 56.6 Å². The first-order chi connectivity index (χ1) is 58.4. The van der Waals surface area contributed by atoms with Crippen LogP contribution in [0.15, 0.2) is 201 Å². The Morgan fingerprint density at radius 1 is 0.350 bits per heavy atom. The molecule has 0 N–H and O–H groups in total. The van der Waals surface area contributed by atoms with E-state index < -0.39 is 70.3 Å². The molecule has 0 aromatic heterocycles. The molecule has 6 aromatic carbocycles. The van der Waals surface area contributed by atoms with E-state index in [1.807, 2.05) is 6.07 Å². The van der Waals surface area contributed by atoms with E-state index in [2.05, 4.69) is 31.2 Å². The first kappa shape index (κ1) is 93.8. The lowest BCUT2D eigenvalue weighted by atomic mass is 10.2. The summed E-state index contributed by atoms with van der Waals surface area (Å²) >= 11 is 4.08. The molecule has 0 spiro atoms. The lowest BCUT2D eigenvalue weighted by molar-refractivity contribution is -0.144. The number of unbranched alkanes of at least 4 members (excludes halogenated alkanes) is 15. The summed E-state index contributed by atoms with van der Waals surface area (Å²) < 4.78 is 78.1. The van der Waals surface area contributed by atoms with Crippen LogP contribution in [0.5, 0.6) is 46.0 Å². The fraction of sp³-hybridized carbons (Fsp3) is 0.356. The number of hydrogen-bond acceptors (Lipinski definition) is 29. The van der Waals surface area contributed by atoms with Crippen LogP contribution in [0.2, 0.25) is 0 Å². The van der Waals surface area contributed by atoms with Gasteiger partial charge in [0.05, 0.1) is 112 Å². The van der Waals surface area contributed by atoms with Gasteiger partial charge in [0, 0.05) is 24.3 Å². The molecule has 6 aromatic rings. The van der Waals surface area contributed by atoms with E-state index in [0.29, 0.717) is 137 Å². The summed E-state index contributed by atoms with van der Waals surface area (Å²) in [5.41, 5.74) is 0.423. The van der Waals surface area contributed by atoms with E-state index >= 15 is 0 Å². The van der Waals surface area contributed by atoms with Crippen molar-refractivity contribution in [2.45, 2.75) is 159 Å². The standard InChI is InChI=1S/C90H94N2O24S4/c1-6-74(93)107-54-24-14-10-20-50-103-65-38-30-61(31-39-65)83(97)113-70-46-47-71(114-84(98)62-32-40-66(41-33-62)104-51-21-11-15-25-55-108-75(94)7-2)80-79(70)117-89(118-80)69(60-91)87(101)111-58-28-18-19-29-59-112-88(102)78(92-5)90-119-81-72(115-85(99)63-34-42-67(43-35-63)105-52-22-12-16-26-56-109-76(95)8-3)48-49-73(82(81)120-90)116-86(100)64-36-44-68(45-37-64)106-53-23-13-17-27-57-110-77(96)9-4/h6-9,30-49,78,90H,1-4,10-29,50-59H2. The second-order valence-electron chi connectivity index (χ2n) is 26.5. The van der Waals surface area contributed by atoms with Gasteiger partial charge in [0.2, 0.25) is 0 Å². The number of benzene rings is 6. The van der Waals surface area contributed by atoms with Crippen LogP contribution in [0.3, 0.4) is 0 Å². The molecule has 632 valence electrons. The van der Waals surface area contributed by atoms with Gasteiger partial charge in [-0.2, -0.15) is 5.26 Å². The van der Waals surface area contributed by atoms with Crippen LogP contribution in [0.1, 0.15) is 170 Å². The third-order valence-corrected chi connectivity index (χ3v) is 23.3. The molecule has 30 heteroatoms. The number of thioether (sulfide) groups is 4. The van der Waals surface area contributed by atoms with E-state index in [9.17, 15) is 53.2 Å². The van der Waals surface area contributed by atoms with Crippen molar-refractivity contribution in [3.8, 4) is 52.1 Å². The minimum Gasteiger partial charge on any atom is -0.494 e. The van der Waals surface area contributed by atoms with Crippen molar-refractivity contribution in [3.05, 3.63) is 215 Å². The Hall–Kier alpha value is -11.7. The topological polar surface area (TPSA) is 328 Å². The van der Waals surface area contributed by atoms with Crippen molar-refractivity contribution in [1.82, 2.24) is 0 Å². The molecule has 0 amide bonds. The van der Waals surface area contributed by atoms with Gasteiger partial charge in [0.25, 0.3) is 0 Å². The number of carbonyl (C=O) groups is 10. The van der Waals surface area contributed by atoms with Crippen LogP contribution < -0.4 is 37.9 Å². The largest absolute Gasteiger partial charge is 0.494 e. The predicted octanol–water partition coefficient (Wildman–Crippen LogP) is 18.3. The van der Waals surface area contributed by atoms with E-state index in [4.69, 9.17) is 72.9 Å². The molecular formula is C90H94N2O24S4. The summed E-state index contributed by atoms with van der Waals surface area (Å²) in [7, 11) is 0. The van der Waals surface area contributed by atoms with Crippen LogP contribution in [0.4, 0.5) is 0 Å². The number of hydrogen-bond donors (Lipinski definition) is 0. The Morgan fingerprint density at radius 3 is 0.858 bits per heavy atom. The quantitative estimate of drug-likeness (QED) is 0.00651. The third-order valence-electron chi connectivity index (χ3n) is 17.7. The Kier molecular flexibility index (Phi) is 40.9. The Labute approximate surface area is 714 Å². The van der Waals surface area contributed by atoms with Crippen molar-refractivity contribution in [2.75, 3.05) is 66.1 Å². The molecule has 2 heterocycles. The molecule has 1 unspecified atom stereocenters. The van der Waals surface area contributed by atoms with Crippen molar-refractivity contribution in [3.63, 3.8) is 0 Å². The highest BCUT2D eigenvalue weighted by molar-refractivity contribution is 8.25. The molecule has 120 heavy (non-hydrogen) atoms. The Balaban J connectivity index is 0.846. The second kappa shape index (κ2) is 52.3. The number of fused-ring (bicyclic) bond motifs is 2.